The number of carbonyl (C=O) groups is 2. The molecule has 0 fully saturated rings. The van der Waals surface area contributed by atoms with Gasteiger partial charge in [-0.15, -0.1) is 0 Å². The lowest BCUT2D eigenvalue weighted by atomic mass is 10.1. The zero-order valence-corrected chi connectivity index (χ0v) is 13.7. The predicted octanol–water partition coefficient (Wildman–Crippen LogP) is 2.59. The summed E-state index contributed by atoms with van der Waals surface area (Å²) in [4.78, 5) is 28.3. The second kappa shape index (κ2) is 7.00. The van der Waals surface area contributed by atoms with E-state index in [9.17, 15) is 9.59 Å². The Labute approximate surface area is 143 Å². The Bertz CT molecular complexity index is 921. The topological polar surface area (TPSA) is 106 Å². The van der Waals surface area contributed by atoms with Crippen LogP contribution in [0.4, 0.5) is 4.79 Å². The van der Waals surface area contributed by atoms with E-state index in [-0.39, 0.29) is 12.3 Å². The van der Waals surface area contributed by atoms with E-state index < -0.39 is 12.0 Å². The van der Waals surface area contributed by atoms with E-state index in [0.29, 0.717) is 22.3 Å². The molecule has 2 N–H and O–H groups in total. The van der Waals surface area contributed by atoms with Gasteiger partial charge in [0.25, 0.3) is 11.6 Å². The minimum absolute atomic E-state index is 0.199. The molecule has 2 aromatic heterocycles. The lowest BCUT2D eigenvalue weighted by molar-refractivity contribution is 0.0914. The van der Waals surface area contributed by atoms with Crippen molar-refractivity contribution in [3.05, 3.63) is 47.7 Å². The molecular weight excluding hydrogens is 324 g/mol. The summed E-state index contributed by atoms with van der Waals surface area (Å²) in [6, 6.07) is 11.0. The molecule has 2 amide bonds. The summed E-state index contributed by atoms with van der Waals surface area (Å²) < 4.78 is 9.92. The lowest BCUT2D eigenvalue weighted by Crippen LogP contribution is -2.42. The Kier molecular flexibility index (Phi) is 4.60. The maximum Gasteiger partial charge on any atom is 0.426 e. The number of rotatable bonds is 3. The second-order valence-corrected chi connectivity index (χ2v) is 5.17. The molecule has 0 aliphatic rings. The van der Waals surface area contributed by atoms with Crippen LogP contribution in [0.3, 0.4) is 0 Å². The van der Waals surface area contributed by atoms with E-state index in [4.69, 9.17) is 9.26 Å². The van der Waals surface area contributed by atoms with Gasteiger partial charge in [0.1, 0.15) is 0 Å². The highest BCUT2D eigenvalue weighted by Crippen LogP contribution is 2.26. The molecule has 0 unspecified atom stereocenters. The third-order valence-electron chi connectivity index (χ3n) is 3.48. The smallest absolute Gasteiger partial charge is 0.426 e. The first-order valence-corrected chi connectivity index (χ1v) is 7.65. The van der Waals surface area contributed by atoms with Crippen LogP contribution in [0.25, 0.3) is 22.4 Å². The average molecular weight is 340 g/mol. The number of nitrogens with zero attached hydrogens (tertiary/aromatic N) is 2. The van der Waals surface area contributed by atoms with Crippen LogP contribution in [0.1, 0.15) is 23.0 Å². The van der Waals surface area contributed by atoms with E-state index >= 15 is 0 Å². The first kappa shape index (κ1) is 16.4. The number of hydrazine groups is 1. The molecule has 25 heavy (non-hydrogen) atoms. The van der Waals surface area contributed by atoms with Crippen molar-refractivity contribution in [1.82, 2.24) is 21.0 Å². The number of amides is 2. The van der Waals surface area contributed by atoms with Gasteiger partial charge in [-0.05, 0) is 19.9 Å². The highest BCUT2D eigenvalue weighted by Gasteiger charge is 2.19. The van der Waals surface area contributed by atoms with Crippen LogP contribution in [0, 0.1) is 6.92 Å². The van der Waals surface area contributed by atoms with E-state index in [1.54, 1.807) is 19.9 Å². The molecule has 0 atom stereocenters. The van der Waals surface area contributed by atoms with Gasteiger partial charge in [-0.1, -0.05) is 35.5 Å². The fourth-order valence-corrected chi connectivity index (χ4v) is 2.37. The Hall–Kier alpha value is -3.42. The summed E-state index contributed by atoms with van der Waals surface area (Å²) >= 11 is 0. The highest BCUT2D eigenvalue weighted by molar-refractivity contribution is 6.07. The van der Waals surface area contributed by atoms with Crippen LogP contribution in [-0.2, 0) is 4.74 Å². The molecule has 0 spiro atoms. The molecule has 0 saturated carbocycles. The van der Waals surface area contributed by atoms with E-state index in [2.05, 4.69) is 21.0 Å². The third-order valence-corrected chi connectivity index (χ3v) is 3.48. The lowest BCUT2D eigenvalue weighted by Gasteiger charge is -2.09. The molecule has 0 bridgehead atoms. The number of hydrogen-bond acceptors (Lipinski definition) is 6. The third kappa shape index (κ3) is 3.42. The summed E-state index contributed by atoms with van der Waals surface area (Å²) in [7, 11) is 0. The van der Waals surface area contributed by atoms with Crippen LogP contribution in [0.5, 0.6) is 0 Å². The molecular formula is C17H16N4O4. The predicted molar refractivity (Wildman–Crippen MR) is 89.6 cm³/mol. The van der Waals surface area contributed by atoms with Gasteiger partial charge in [0.05, 0.1) is 28.9 Å². The van der Waals surface area contributed by atoms with Gasteiger partial charge in [-0.2, -0.15) is 0 Å². The van der Waals surface area contributed by atoms with Crippen molar-refractivity contribution in [2.75, 3.05) is 6.61 Å². The first-order chi connectivity index (χ1) is 12.1. The molecule has 0 aliphatic heterocycles. The fourth-order valence-electron chi connectivity index (χ4n) is 2.37. The van der Waals surface area contributed by atoms with Gasteiger partial charge in [-0.25, -0.2) is 15.2 Å². The number of nitrogens with one attached hydrogen (secondary N) is 2. The highest BCUT2D eigenvalue weighted by atomic mass is 16.6. The zero-order valence-electron chi connectivity index (χ0n) is 13.7. The van der Waals surface area contributed by atoms with Gasteiger partial charge >= 0.3 is 6.09 Å². The van der Waals surface area contributed by atoms with Gasteiger partial charge in [-0.3, -0.25) is 10.2 Å². The van der Waals surface area contributed by atoms with Gasteiger partial charge in [0.15, 0.2) is 0 Å². The Balaban J connectivity index is 1.99. The van der Waals surface area contributed by atoms with Crippen molar-refractivity contribution in [2.45, 2.75) is 13.8 Å². The molecule has 3 aromatic rings. The largest absolute Gasteiger partial charge is 0.449 e. The van der Waals surface area contributed by atoms with Crippen LogP contribution >= 0.6 is 0 Å². The number of aromatic nitrogens is 2. The summed E-state index contributed by atoms with van der Waals surface area (Å²) in [6.45, 7) is 3.58. The number of carbonyl (C=O) groups excluding carboxylic acids is 2. The minimum Gasteiger partial charge on any atom is -0.449 e. The fraction of sp³-hybridized carbons (Fsp3) is 0.176. The Morgan fingerprint density at radius 3 is 2.68 bits per heavy atom. The van der Waals surface area contributed by atoms with Gasteiger partial charge in [0, 0.05) is 5.56 Å². The monoisotopic (exact) mass is 340 g/mol. The number of hydrogen-bond donors (Lipinski definition) is 2. The molecule has 0 radical (unpaired) electrons. The Morgan fingerprint density at radius 2 is 1.96 bits per heavy atom. The van der Waals surface area contributed by atoms with E-state index in [1.165, 1.54) is 0 Å². The van der Waals surface area contributed by atoms with E-state index in [0.717, 1.165) is 5.56 Å². The number of fused-ring (bicyclic) bond motifs is 1. The van der Waals surface area contributed by atoms with Crippen molar-refractivity contribution in [3.8, 4) is 11.3 Å². The van der Waals surface area contributed by atoms with Crippen molar-refractivity contribution in [1.29, 1.82) is 0 Å². The Morgan fingerprint density at radius 1 is 1.20 bits per heavy atom. The molecule has 8 heteroatoms. The van der Waals surface area contributed by atoms with Crippen LogP contribution < -0.4 is 10.9 Å². The van der Waals surface area contributed by atoms with Gasteiger partial charge in [0.2, 0.25) is 0 Å². The second-order valence-electron chi connectivity index (χ2n) is 5.17. The molecule has 0 saturated heterocycles. The van der Waals surface area contributed by atoms with E-state index in [1.807, 2.05) is 30.3 Å². The SMILES string of the molecule is CCOC(=O)NNC(=O)c1cc(-c2ccccc2)nc2onc(C)c12. The maximum atomic E-state index is 12.5. The summed E-state index contributed by atoms with van der Waals surface area (Å²) in [5.74, 6) is -0.524. The number of ether oxygens (including phenoxy) is 1. The van der Waals surface area contributed by atoms with Crippen LogP contribution in [0.2, 0.25) is 0 Å². The van der Waals surface area contributed by atoms with Crippen molar-refractivity contribution >= 4 is 23.1 Å². The molecule has 2 heterocycles. The quantitative estimate of drug-likeness (QED) is 0.710. The standard InChI is InChI=1S/C17H16N4O4/c1-3-24-17(23)20-19-15(22)12-9-13(11-7-5-4-6-8-11)18-16-14(12)10(2)21-25-16/h4-9H,3H2,1-2H3,(H,19,22)(H,20,23). The number of pyridine rings is 1. The number of aryl methyl sites for hydroxylation is 1. The summed E-state index contributed by atoms with van der Waals surface area (Å²) in [5.41, 5.74) is 6.95. The van der Waals surface area contributed by atoms with Gasteiger partial charge < -0.3 is 9.26 Å². The van der Waals surface area contributed by atoms with Crippen molar-refractivity contribution < 1.29 is 18.8 Å². The zero-order chi connectivity index (χ0) is 17.8. The van der Waals surface area contributed by atoms with Crippen molar-refractivity contribution in [2.24, 2.45) is 0 Å². The molecule has 1 aromatic carbocycles. The molecule has 3 rings (SSSR count). The summed E-state index contributed by atoms with van der Waals surface area (Å²) in [6.07, 6.45) is -0.744. The van der Waals surface area contributed by atoms with Crippen LogP contribution in [-0.4, -0.2) is 28.7 Å². The van der Waals surface area contributed by atoms with Crippen molar-refractivity contribution in [3.63, 3.8) is 0 Å². The molecule has 128 valence electrons. The minimum atomic E-state index is -0.744. The average Bonchev–Trinajstić information content (AvgIpc) is 3.01. The normalized spacial score (nSPS) is 10.5. The first-order valence-electron chi connectivity index (χ1n) is 7.65. The molecule has 0 aliphatic carbocycles. The number of benzene rings is 1. The van der Waals surface area contributed by atoms with Crippen LogP contribution in [0.15, 0.2) is 40.9 Å². The summed E-state index contributed by atoms with van der Waals surface area (Å²) in [5, 5.41) is 4.36. The molecule has 8 nitrogen and oxygen atoms in total. The maximum absolute atomic E-state index is 12.5.